The van der Waals surface area contributed by atoms with E-state index in [2.05, 4.69) is 5.10 Å². The number of aliphatic hydroxyl groups is 1. The average Bonchev–Trinajstić information content (AvgIpc) is 2.57. The molecule has 2 aromatic rings. The van der Waals surface area contributed by atoms with Crippen LogP contribution in [-0.2, 0) is 6.54 Å². The maximum atomic E-state index is 11.0. The van der Waals surface area contributed by atoms with Crippen molar-refractivity contribution in [3.05, 3.63) is 30.0 Å². The minimum Gasteiger partial charge on any atom is -0.476 e. The first kappa shape index (κ1) is 10.6. The lowest BCUT2D eigenvalue weighted by molar-refractivity contribution is 0.0690. The largest absolute Gasteiger partial charge is 0.476 e. The van der Waals surface area contributed by atoms with Crippen molar-refractivity contribution in [2.24, 2.45) is 0 Å². The van der Waals surface area contributed by atoms with Gasteiger partial charge >= 0.3 is 5.97 Å². The number of rotatable bonds is 3. The van der Waals surface area contributed by atoms with Gasteiger partial charge in [0.2, 0.25) is 0 Å². The predicted octanol–water partition coefficient (Wildman–Crippen LogP) is 1.12. The van der Waals surface area contributed by atoms with Gasteiger partial charge in [-0.05, 0) is 13.0 Å². The van der Waals surface area contributed by atoms with E-state index in [4.69, 9.17) is 5.11 Å². The molecule has 0 spiro atoms. The summed E-state index contributed by atoms with van der Waals surface area (Å²) in [5, 5.41) is 22.9. The van der Waals surface area contributed by atoms with Gasteiger partial charge in [0.15, 0.2) is 5.69 Å². The third-order valence-electron chi connectivity index (χ3n) is 2.30. The predicted molar refractivity (Wildman–Crippen MR) is 58.4 cm³/mol. The van der Waals surface area contributed by atoms with Crippen LogP contribution >= 0.6 is 0 Å². The molecular weight excluding hydrogens is 208 g/mol. The molecular formula is C11H12N2O3. The van der Waals surface area contributed by atoms with Crippen LogP contribution in [0.25, 0.3) is 10.9 Å². The summed E-state index contributed by atoms with van der Waals surface area (Å²) in [6.07, 6.45) is -0.565. The van der Waals surface area contributed by atoms with Crippen LogP contribution in [0.15, 0.2) is 24.3 Å². The Balaban J connectivity index is 2.62. The van der Waals surface area contributed by atoms with Crippen molar-refractivity contribution in [3.63, 3.8) is 0 Å². The highest BCUT2D eigenvalue weighted by Gasteiger charge is 2.16. The number of fused-ring (bicyclic) bond motifs is 1. The van der Waals surface area contributed by atoms with E-state index < -0.39 is 12.1 Å². The second kappa shape index (κ2) is 3.94. The van der Waals surface area contributed by atoms with E-state index in [1.165, 1.54) is 4.68 Å². The van der Waals surface area contributed by atoms with Gasteiger partial charge in [-0.25, -0.2) is 4.79 Å². The quantitative estimate of drug-likeness (QED) is 0.812. The highest BCUT2D eigenvalue weighted by Crippen LogP contribution is 2.18. The van der Waals surface area contributed by atoms with Gasteiger partial charge in [-0.2, -0.15) is 5.10 Å². The number of carboxylic acid groups (broad SMARTS) is 1. The highest BCUT2D eigenvalue weighted by atomic mass is 16.4. The molecule has 0 aliphatic carbocycles. The Morgan fingerprint density at radius 1 is 1.50 bits per heavy atom. The molecule has 0 bridgehead atoms. The van der Waals surface area contributed by atoms with Crippen molar-refractivity contribution < 1.29 is 15.0 Å². The zero-order valence-electron chi connectivity index (χ0n) is 8.79. The van der Waals surface area contributed by atoms with E-state index in [0.29, 0.717) is 5.39 Å². The fourth-order valence-corrected chi connectivity index (χ4v) is 1.67. The first-order chi connectivity index (χ1) is 7.59. The van der Waals surface area contributed by atoms with Crippen LogP contribution in [0.1, 0.15) is 17.4 Å². The lowest BCUT2D eigenvalue weighted by atomic mass is 10.2. The molecule has 84 valence electrons. The van der Waals surface area contributed by atoms with Gasteiger partial charge in [-0.3, -0.25) is 4.68 Å². The van der Waals surface area contributed by atoms with Gasteiger partial charge in [0.25, 0.3) is 0 Å². The molecule has 1 aromatic heterocycles. The zero-order chi connectivity index (χ0) is 11.7. The molecule has 1 atom stereocenters. The number of aromatic carboxylic acids is 1. The fraction of sp³-hybridized carbons (Fsp3) is 0.273. The van der Waals surface area contributed by atoms with Gasteiger partial charge in [0, 0.05) is 5.39 Å². The molecule has 1 aromatic carbocycles. The van der Waals surface area contributed by atoms with Crippen molar-refractivity contribution in [2.45, 2.75) is 19.6 Å². The summed E-state index contributed by atoms with van der Waals surface area (Å²) in [5.74, 6) is -1.06. The summed E-state index contributed by atoms with van der Waals surface area (Å²) in [4.78, 5) is 11.0. The second-order valence-corrected chi connectivity index (χ2v) is 3.70. The maximum Gasteiger partial charge on any atom is 0.357 e. The van der Waals surface area contributed by atoms with E-state index in [0.717, 1.165) is 5.52 Å². The average molecular weight is 220 g/mol. The third kappa shape index (κ3) is 1.77. The summed E-state index contributed by atoms with van der Waals surface area (Å²) in [7, 11) is 0. The first-order valence-electron chi connectivity index (χ1n) is 4.96. The number of carboxylic acids is 1. The Hall–Kier alpha value is -1.88. The summed E-state index contributed by atoms with van der Waals surface area (Å²) in [6, 6.07) is 7.08. The standard InChI is InChI=1S/C11H12N2O3/c1-7(14)6-13-9-5-3-2-4-8(9)10(12-13)11(15)16/h2-5,7,14H,6H2,1H3,(H,15,16). The number of nitrogens with zero attached hydrogens (tertiary/aromatic N) is 2. The monoisotopic (exact) mass is 220 g/mol. The SMILES string of the molecule is CC(O)Cn1nc(C(=O)O)c2ccccc21. The van der Waals surface area contributed by atoms with E-state index in [9.17, 15) is 9.90 Å². The molecule has 16 heavy (non-hydrogen) atoms. The van der Waals surface area contributed by atoms with Crippen molar-refractivity contribution >= 4 is 16.9 Å². The van der Waals surface area contributed by atoms with Gasteiger partial charge in [-0.15, -0.1) is 0 Å². The summed E-state index contributed by atoms with van der Waals surface area (Å²) in [6.45, 7) is 1.92. The Labute approximate surface area is 91.9 Å². The highest BCUT2D eigenvalue weighted by molar-refractivity contribution is 6.01. The normalized spacial score (nSPS) is 12.9. The van der Waals surface area contributed by atoms with Crippen LogP contribution < -0.4 is 0 Å². The van der Waals surface area contributed by atoms with E-state index in [-0.39, 0.29) is 12.2 Å². The molecule has 0 radical (unpaired) electrons. The minimum absolute atomic E-state index is 0.0243. The summed E-state index contributed by atoms with van der Waals surface area (Å²) in [5.41, 5.74) is 0.747. The number of hydrogen-bond donors (Lipinski definition) is 2. The van der Waals surface area contributed by atoms with E-state index >= 15 is 0 Å². The van der Waals surface area contributed by atoms with Gasteiger partial charge < -0.3 is 10.2 Å². The van der Waals surface area contributed by atoms with Gasteiger partial charge in [-0.1, -0.05) is 18.2 Å². The van der Waals surface area contributed by atoms with E-state index in [1.54, 1.807) is 25.1 Å². The Kier molecular flexibility index (Phi) is 2.62. The van der Waals surface area contributed by atoms with Crippen LogP contribution in [0.2, 0.25) is 0 Å². The molecule has 2 N–H and O–H groups in total. The minimum atomic E-state index is -1.06. The number of aromatic nitrogens is 2. The second-order valence-electron chi connectivity index (χ2n) is 3.70. The van der Waals surface area contributed by atoms with Crippen LogP contribution in [0.3, 0.4) is 0 Å². The fourth-order valence-electron chi connectivity index (χ4n) is 1.67. The summed E-state index contributed by atoms with van der Waals surface area (Å²) < 4.78 is 1.52. The van der Waals surface area contributed by atoms with Crippen LogP contribution in [0.4, 0.5) is 0 Å². The van der Waals surface area contributed by atoms with Crippen LogP contribution in [0, 0.1) is 0 Å². The Bertz CT molecular complexity index is 531. The zero-order valence-corrected chi connectivity index (χ0v) is 8.79. The molecule has 5 heteroatoms. The lowest BCUT2D eigenvalue weighted by Crippen LogP contribution is -2.13. The van der Waals surface area contributed by atoms with E-state index in [1.807, 2.05) is 6.07 Å². The molecule has 0 saturated carbocycles. The first-order valence-corrected chi connectivity index (χ1v) is 4.96. The van der Waals surface area contributed by atoms with Crippen molar-refractivity contribution in [2.75, 3.05) is 0 Å². The van der Waals surface area contributed by atoms with Crippen molar-refractivity contribution in [1.82, 2.24) is 9.78 Å². The molecule has 5 nitrogen and oxygen atoms in total. The number of para-hydroxylation sites is 1. The van der Waals surface area contributed by atoms with Gasteiger partial charge in [0.1, 0.15) is 0 Å². The number of benzene rings is 1. The lowest BCUT2D eigenvalue weighted by Gasteiger charge is -2.04. The summed E-state index contributed by atoms with van der Waals surface area (Å²) >= 11 is 0. The van der Waals surface area contributed by atoms with Crippen molar-refractivity contribution in [1.29, 1.82) is 0 Å². The third-order valence-corrected chi connectivity index (χ3v) is 2.30. The molecule has 0 fully saturated rings. The van der Waals surface area contributed by atoms with Crippen LogP contribution in [0.5, 0.6) is 0 Å². The number of hydrogen-bond acceptors (Lipinski definition) is 3. The molecule has 0 saturated heterocycles. The molecule has 2 rings (SSSR count). The van der Waals surface area contributed by atoms with Gasteiger partial charge in [0.05, 0.1) is 18.2 Å². The molecule has 1 heterocycles. The smallest absolute Gasteiger partial charge is 0.357 e. The molecule has 0 aliphatic rings. The number of aliphatic hydroxyl groups excluding tert-OH is 1. The molecule has 0 aliphatic heterocycles. The molecule has 1 unspecified atom stereocenters. The number of carbonyl (C=O) groups is 1. The van der Waals surface area contributed by atoms with Crippen molar-refractivity contribution in [3.8, 4) is 0 Å². The Morgan fingerprint density at radius 3 is 2.81 bits per heavy atom. The molecule has 0 amide bonds. The maximum absolute atomic E-state index is 11.0. The topological polar surface area (TPSA) is 75.3 Å². The Morgan fingerprint density at radius 2 is 2.19 bits per heavy atom. The van der Waals surface area contributed by atoms with Crippen LogP contribution in [-0.4, -0.2) is 32.1 Å².